The summed E-state index contributed by atoms with van der Waals surface area (Å²) < 4.78 is 10.4. The van der Waals surface area contributed by atoms with Crippen LogP contribution in [0.4, 0.5) is 5.69 Å². The highest BCUT2D eigenvalue weighted by Gasteiger charge is 2.26. The molecule has 0 bridgehead atoms. The second kappa shape index (κ2) is 11.0. The van der Waals surface area contributed by atoms with E-state index in [1.165, 1.54) is 0 Å². The Morgan fingerprint density at radius 3 is 2.56 bits per heavy atom. The van der Waals surface area contributed by atoms with Crippen LogP contribution in [0.15, 0.2) is 47.0 Å². The highest BCUT2D eigenvalue weighted by atomic mass is 35.5. The molecule has 1 N–H and O–H groups in total. The topological polar surface area (TPSA) is 97.6 Å². The first kappa shape index (κ1) is 24.2. The Hall–Kier alpha value is -2.94. The van der Waals surface area contributed by atoms with Gasteiger partial charge in [0.05, 0.1) is 23.7 Å². The number of amides is 1. The van der Waals surface area contributed by atoms with Gasteiger partial charge in [-0.1, -0.05) is 28.4 Å². The molecule has 1 amide bonds. The first-order valence-corrected chi connectivity index (χ1v) is 11.8. The summed E-state index contributed by atoms with van der Waals surface area (Å²) in [7, 11) is 0. The van der Waals surface area contributed by atoms with E-state index in [4.69, 9.17) is 32.5 Å². The van der Waals surface area contributed by atoms with E-state index in [0.717, 1.165) is 18.7 Å². The number of nitrogens with one attached hydrogen (secondary N) is 1. The molecule has 3 aromatic rings. The number of anilines is 1. The predicted molar refractivity (Wildman–Crippen MR) is 129 cm³/mol. The lowest BCUT2D eigenvalue weighted by Gasteiger charge is -2.30. The molecule has 0 atom stereocenters. The standard InChI is InChI=1S/C24H24Cl2N4O4/c1-2-33-24(32)19-8-7-18(13-20(19)26)27-23(31)16-9-11-30(12-10-16)14-21-28-22(29-34-21)15-3-5-17(25)6-4-15/h3-8,13,16H,2,9-12,14H2,1H3,(H,27,31). The lowest BCUT2D eigenvalue weighted by atomic mass is 9.96. The maximum Gasteiger partial charge on any atom is 0.339 e. The van der Waals surface area contributed by atoms with Crippen LogP contribution in [0, 0.1) is 5.92 Å². The predicted octanol–water partition coefficient (Wildman–Crippen LogP) is 5.07. The number of nitrogens with zero attached hydrogens (tertiary/aromatic N) is 3. The average molecular weight is 503 g/mol. The molecule has 178 valence electrons. The van der Waals surface area contributed by atoms with Crippen molar-refractivity contribution in [2.75, 3.05) is 25.0 Å². The van der Waals surface area contributed by atoms with E-state index in [-0.39, 0.29) is 29.0 Å². The van der Waals surface area contributed by atoms with Crippen LogP contribution in [0.3, 0.4) is 0 Å². The number of hydrogen-bond donors (Lipinski definition) is 1. The number of aromatic nitrogens is 2. The minimum Gasteiger partial charge on any atom is -0.462 e. The summed E-state index contributed by atoms with van der Waals surface area (Å²) in [6.45, 7) is 3.99. The first-order chi connectivity index (χ1) is 16.4. The molecule has 0 radical (unpaired) electrons. The molecule has 0 saturated carbocycles. The van der Waals surface area contributed by atoms with Gasteiger partial charge in [-0.3, -0.25) is 9.69 Å². The molecule has 0 aliphatic carbocycles. The van der Waals surface area contributed by atoms with E-state index >= 15 is 0 Å². The van der Waals surface area contributed by atoms with E-state index in [0.29, 0.717) is 41.8 Å². The van der Waals surface area contributed by atoms with Gasteiger partial charge in [0, 0.05) is 22.2 Å². The number of likely N-dealkylation sites (tertiary alicyclic amines) is 1. The van der Waals surface area contributed by atoms with Crippen LogP contribution < -0.4 is 5.32 Å². The zero-order chi connectivity index (χ0) is 24.1. The SMILES string of the molecule is CCOC(=O)c1ccc(NC(=O)C2CCN(Cc3nc(-c4ccc(Cl)cc4)no3)CC2)cc1Cl. The summed E-state index contributed by atoms with van der Waals surface area (Å²) >= 11 is 12.1. The fourth-order valence-corrected chi connectivity index (χ4v) is 4.18. The molecule has 1 aliphatic heterocycles. The van der Waals surface area contributed by atoms with Crippen molar-refractivity contribution in [3.05, 3.63) is 64.0 Å². The van der Waals surface area contributed by atoms with Crippen molar-refractivity contribution in [1.29, 1.82) is 0 Å². The molecule has 2 heterocycles. The Morgan fingerprint density at radius 1 is 1.15 bits per heavy atom. The van der Waals surface area contributed by atoms with E-state index in [1.54, 1.807) is 37.3 Å². The summed E-state index contributed by atoms with van der Waals surface area (Å²) in [5, 5.41) is 7.83. The van der Waals surface area contributed by atoms with Crippen molar-refractivity contribution in [2.24, 2.45) is 5.92 Å². The highest BCUT2D eigenvalue weighted by Crippen LogP contribution is 2.25. The van der Waals surface area contributed by atoms with E-state index in [9.17, 15) is 9.59 Å². The maximum atomic E-state index is 12.7. The summed E-state index contributed by atoms with van der Waals surface area (Å²) in [5.41, 5.74) is 1.66. The minimum absolute atomic E-state index is 0.0672. The summed E-state index contributed by atoms with van der Waals surface area (Å²) in [4.78, 5) is 31.3. The lowest BCUT2D eigenvalue weighted by Crippen LogP contribution is -2.37. The molecule has 0 spiro atoms. The third-order valence-corrected chi connectivity index (χ3v) is 6.18. The van der Waals surface area contributed by atoms with Crippen molar-refractivity contribution < 1.29 is 18.8 Å². The molecule has 34 heavy (non-hydrogen) atoms. The second-order valence-electron chi connectivity index (χ2n) is 7.97. The third kappa shape index (κ3) is 5.94. The number of carbonyl (C=O) groups excluding carboxylic acids is 2. The average Bonchev–Trinajstić information content (AvgIpc) is 3.28. The largest absolute Gasteiger partial charge is 0.462 e. The fraction of sp³-hybridized carbons (Fsp3) is 0.333. The zero-order valence-corrected chi connectivity index (χ0v) is 20.1. The number of carbonyl (C=O) groups is 2. The quantitative estimate of drug-likeness (QED) is 0.450. The number of halogens is 2. The molecule has 1 saturated heterocycles. The van der Waals surface area contributed by atoms with Gasteiger partial charge in [-0.25, -0.2) is 4.79 Å². The Balaban J connectivity index is 1.27. The number of ether oxygens (including phenoxy) is 1. The molecular weight excluding hydrogens is 479 g/mol. The van der Waals surface area contributed by atoms with Gasteiger partial charge < -0.3 is 14.6 Å². The first-order valence-electron chi connectivity index (χ1n) is 11.0. The summed E-state index contributed by atoms with van der Waals surface area (Å²) in [6.07, 6.45) is 1.41. The third-order valence-electron chi connectivity index (χ3n) is 5.62. The van der Waals surface area contributed by atoms with Gasteiger partial charge in [0.15, 0.2) is 0 Å². The van der Waals surface area contributed by atoms with Crippen molar-refractivity contribution in [3.8, 4) is 11.4 Å². The van der Waals surface area contributed by atoms with E-state index in [2.05, 4.69) is 20.4 Å². The molecule has 1 aliphatic rings. The Kier molecular flexibility index (Phi) is 7.82. The number of piperidine rings is 1. The molecule has 1 aromatic heterocycles. The molecule has 2 aromatic carbocycles. The molecule has 1 fully saturated rings. The lowest BCUT2D eigenvalue weighted by molar-refractivity contribution is -0.121. The van der Waals surface area contributed by atoms with Crippen LogP contribution in [0.1, 0.15) is 36.0 Å². The number of esters is 1. The summed E-state index contributed by atoms with van der Waals surface area (Å²) in [6, 6.07) is 12.0. The zero-order valence-electron chi connectivity index (χ0n) is 18.6. The number of benzene rings is 2. The summed E-state index contributed by atoms with van der Waals surface area (Å²) in [5.74, 6) is 0.381. The van der Waals surface area contributed by atoms with Crippen LogP contribution in [-0.2, 0) is 16.1 Å². The second-order valence-corrected chi connectivity index (χ2v) is 8.82. The van der Waals surface area contributed by atoms with Crippen molar-refractivity contribution in [2.45, 2.75) is 26.3 Å². The molecule has 0 unspecified atom stereocenters. The van der Waals surface area contributed by atoms with Crippen molar-refractivity contribution >= 4 is 40.8 Å². The van der Waals surface area contributed by atoms with Gasteiger partial charge in [-0.05, 0) is 75.3 Å². The molecule has 8 nitrogen and oxygen atoms in total. The van der Waals surface area contributed by atoms with Gasteiger partial charge in [0.25, 0.3) is 0 Å². The number of rotatable bonds is 7. The van der Waals surface area contributed by atoms with E-state index < -0.39 is 5.97 Å². The molecule has 10 heteroatoms. The molecular formula is C24H24Cl2N4O4. The van der Waals surface area contributed by atoms with Crippen LogP contribution in [-0.4, -0.2) is 46.6 Å². The normalized spacial score (nSPS) is 14.7. The maximum absolute atomic E-state index is 12.7. The van der Waals surface area contributed by atoms with Crippen LogP contribution in [0.25, 0.3) is 11.4 Å². The van der Waals surface area contributed by atoms with Crippen molar-refractivity contribution in [3.63, 3.8) is 0 Å². The highest BCUT2D eigenvalue weighted by molar-refractivity contribution is 6.34. The fourth-order valence-electron chi connectivity index (χ4n) is 3.79. The van der Waals surface area contributed by atoms with E-state index in [1.807, 2.05) is 12.1 Å². The van der Waals surface area contributed by atoms with Crippen molar-refractivity contribution in [1.82, 2.24) is 15.0 Å². The van der Waals surface area contributed by atoms with Gasteiger partial charge in [-0.2, -0.15) is 4.98 Å². The Morgan fingerprint density at radius 2 is 1.88 bits per heavy atom. The smallest absolute Gasteiger partial charge is 0.339 e. The van der Waals surface area contributed by atoms with Crippen LogP contribution in [0.2, 0.25) is 10.0 Å². The minimum atomic E-state index is -0.487. The van der Waals surface area contributed by atoms with Gasteiger partial charge in [0.2, 0.25) is 17.6 Å². The van der Waals surface area contributed by atoms with Crippen LogP contribution in [0.5, 0.6) is 0 Å². The Labute approximate surface area is 207 Å². The van der Waals surface area contributed by atoms with Gasteiger partial charge >= 0.3 is 5.97 Å². The monoisotopic (exact) mass is 502 g/mol. The number of hydrogen-bond acceptors (Lipinski definition) is 7. The molecule has 4 rings (SSSR count). The van der Waals surface area contributed by atoms with Crippen LogP contribution >= 0.6 is 23.2 Å². The van der Waals surface area contributed by atoms with Gasteiger partial charge in [0.1, 0.15) is 0 Å². The van der Waals surface area contributed by atoms with Gasteiger partial charge in [-0.15, -0.1) is 0 Å². The Bertz CT molecular complexity index is 1160.